The van der Waals surface area contributed by atoms with Crippen LogP contribution in [0.3, 0.4) is 0 Å². The largest absolute Gasteiger partial charge is 0.395 e. The van der Waals surface area contributed by atoms with Crippen LogP contribution in [0.25, 0.3) is 0 Å². The number of hydrogen-bond donors (Lipinski definition) is 3. The zero-order valence-corrected chi connectivity index (χ0v) is 8.70. The van der Waals surface area contributed by atoms with Crippen molar-refractivity contribution in [2.75, 3.05) is 19.8 Å². The Labute approximate surface area is 92.4 Å². The molecule has 0 aliphatic heterocycles. The first-order chi connectivity index (χ1) is 7.77. The summed E-state index contributed by atoms with van der Waals surface area (Å²) in [7, 11) is 0. The number of rotatable bonds is 6. The monoisotopic (exact) mass is 226 g/mol. The van der Waals surface area contributed by atoms with E-state index in [9.17, 15) is 4.79 Å². The standard InChI is InChI=1S/C9H14N4O3/c14-5-2-1-4-13-7-11-8(12-13)9(16)10-3-6-15/h1-2,7,14-15H,3-6H2,(H,10,16)/b2-1-. The molecule has 0 fully saturated rings. The minimum Gasteiger partial charge on any atom is -0.395 e. The van der Waals surface area contributed by atoms with Gasteiger partial charge in [0, 0.05) is 6.54 Å². The van der Waals surface area contributed by atoms with Crippen molar-refractivity contribution in [2.45, 2.75) is 6.54 Å². The van der Waals surface area contributed by atoms with Crippen LogP contribution < -0.4 is 5.32 Å². The summed E-state index contributed by atoms with van der Waals surface area (Å²) in [6, 6.07) is 0. The number of aromatic nitrogens is 3. The van der Waals surface area contributed by atoms with Crippen LogP contribution in [-0.2, 0) is 6.54 Å². The number of allylic oxidation sites excluding steroid dienone is 1. The fraction of sp³-hybridized carbons (Fsp3) is 0.444. The van der Waals surface area contributed by atoms with Crippen molar-refractivity contribution in [2.24, 2.45) is 0 Å². The lowest BCUT2D eigenvalue weighted by Gasteiger charge is -1.97. The molecule has 1 aromatic heterocycles. The maximum Gasteiger partial charge on any atom is 0.291 e. The van der Waals surface area contributed by atoms with Gasteiger partial charge < -0.3 is 15.5 Å². The van der Waals surface area contributed by atoms with E-state index in [2.05, 4.69) is 15.4 Å². The third-order valence-corrected chi connectivity index (χ3v) is 1.70. The van der Waals surface area contributed by atoms with Crippen LogP contribution >= 0.6 is 0 Å². The number of carbonyl (C=O) groups is 1. The lowest BCUT2D eigenvalue weighted by atomic mass is 10.5. The van der Waals surface area contributed by atoms with E-state index in [0.717, 1.165) is 0 Å². The first-order valence-electron chi connectivity index (χ1n) is 4.82. The highest BCUT2D eigenvalue weighted by molar-refractivity contribution is 5.90. The van der Waals surface area contributed by atoms with Crippen LogP contribution in [0, 0.1) is 0 Å². The highest BCUT2D eigenvalue weighted by Crippen LogP contribution is 1.90. The van der Waals surface area contributed by atoms with Gasteiger partial charge in [0.15, 0.2) is 0 Å². The molecule has 0 bridgehead atoms. The Morgan fingerprint density at radius 3 is 3.00 bits per heavy atom. The summed E-state index contributed by atoms with van der Waals surface area (Å²) in [5.74, 6) is -0.357. The van der Waals surface area contributed by atoms with Crippen LogP contribution in [0.15, 0.2) is 18.5 Å². The molecule has 0 radical (unpaired) electrons. The van der Waals surface area contributed by atoms with Gasteiger partial charge in [-0.3, -0.25) is 4.79 Å². The molecule has 0 atom stereocenters. The minimum absolute atomic E-state index is 0.0292. The molecular formula is C9H14N4O3. The fourth-order valence-corrected chi connectivity index (χ4v) is 0.992. The average Bonchev–Trinajstić information content (AvgIpc) is 2.75. The van der Waals surface area contributed by atoms with E-state index in [1.807, 2.05) is 0 Å². The summed E-state index contributed by atoms with van der Waals surface area (Å²) >= 11 is 0. The van der Waals surface area contributed by atoms with Gasteiger partial charge in [-0.25, -0.2) is 9.67 Å². The summed E-state index contributed by atoms with van der Waals surface area (Å²) in [4.78, 5) is 15.1. The molecule has 1 heterocycles. The SMILES string of the molecule is O=C(NCCO)c1ncn(C/C=C\CO)n1. The van der Waals surface area contributed by atoms with Crippen LogP contribution in [0.5, 0.6) is 0 Å². The third-order valence-electron chi connectivity index (χ3n) is 1.70. The highest BCUT2D eigenvalue weighted by Gasteiger charge is 2.09. The predicted octanol–water partition coefficient (Wildman–Crippen LogP) is -1.45. The number of nitrogens with zero attached hydrogens (tertiary/aromatic N) is 3. The number of aliphatic hydroxyl groups excluding tert-OH is 2. The summed E-state index contributed by atoms with van der Waals surface area (Å²) in [6.07, 6.45) is 4.72. The number of carbonyl (C=O) groups excluding carboxylic acids is 1. The third kappa shape index (κ3) is 3.79. The van der Waals surface area contributed by atoms with Crippen LogP contribution in [0.2, 0.25) is 0 Å². The topological polar surface area (TPSA) is 100 Å². The lowest BCUT2D eigenvalue weighted by Crippen LogP contribution is -2.27. The molecule has 1 aromatic rings. The van der Waals surface area contributed by atoms with Crippen molar-refractivity contribution in [3.8, 4) is 0 Å². The zero-order valence-electron chi connectivity index (χ0n) is 8.70. The van der Waals surface area contributed by atoms with Crippen molar-refractivity contribution in [1.29, 1.82) is 0 Å². The molecule has 0 aromatic carbocycles. The minimum atomic E-state index is -0.418. The van der Waals surface area contributed by atoms with Crippen molar-refractivity contribution < 1.29 is 15.0 Å². The molecule has 7 heteroatoms. The van der Waals surface area contributed by atoms with Crippen LogP contribution in [0.1, 0.15) is 10.6 Å². The second-order valence-corrected chi connectivity index (χ2v) is 2.92. The second-order valence-electron chi connectivity index (χ2n) is 2.92. The first-order valence-corrected chi connectivity index (χ1v) is 4.82. The molecule has 1 amide bonds. The lowest BCUT2D eigenvalue weighted by molar-refractivity contribution is 0.0934. The van der Waals surface area contributed by atoms with Crippen molar-refractivity contribution in [3.05, 3.63) is 24.3 Å². The average molecular weight is 226 g/mol. The van der Waals surface area contributed by atoms with Gasteiger partial charge in [-0.2, -0.15) is 0 Å². The molecule has 0 aliphatic carbocycles. The van der Waals surface area contributed by atoms with E-state index in [0.29, 0.717) is 6.54 Å². The second kappa shape index (κ2) is 6.70. The number of aliphatic hydroxyl groups is 2. The Bertz CT molecular complexity index is 361. The summed E-state index contributed by atoms with van der Waals surface area (Å²) in [6.45, 7) is 0.475. The summed E-state index contributed by atoms with van der Waals surface area (Å²) < 4.78 is 1.47. The Kier molecular flexibility index (Phi) is 5.17. The maximum atomic E-state index is 11.3. The van der Waals surface area contributed by atoms with E-state index in [1.165, 1.54) is 11.0 Å². The highest BCUT2D eigenvalue weighted by atomic mass is 16.3. The maximum absolute atomic E-state index is 11.3. The predicted molar refractivity (Wildman–Crippen MR) is 55.7 cm³/mol. The number of hydrogen-bond acceptors (Lipinski definition) is 5. The number of amides is 1. The molecule has 0 spiro atoms. The molecule has 16 heavy (non-hydrogen) atoms. The summed E-state index contributed by atoms with van der Waals surface area (Å²) in [5.41, 5.74) is 0. The quantitative estimate of drug-likeness (QED) is 0.515. The van der Waals surface area contributed by atoms with Gasteiger partial charge in [-0.1, -0.05) is 12.2 Å². The first kappa shape index (κ1) is 12.3. The Morgan fingerprint density at radius 2 is 2.31 bits per heavy atom. The van der Waals surface area contributed by atoms with Crippen LogP contribution in [0.4, 0.5) is 0 Å². The molecule has 0 aliphatic rings. The Balaban J connectivity index is 2.50. The van der Waals surface area contributed by atoms with Crippen molar-refractivity contribution >= 4 is 5.91 Å². The molecule has 0 unspecified atom stereocenters. The summed E-state index contributed by atoms with van der Waals surface area (Å²) in [5, 5.41) is 23.4. The van der Waals surface area contributed by atoms with E-state index < -0.39 is 5.91 Å². The van der Waals surface area contributed by atoms with Gasteiger partial charge in [0.25, 0.3) is 5.91 Å². The molecule has 1 rings (SSSR count). The van der Waals surface area contributed by atoms with E-state index in [1.54, 1.807) is 12.2 Å². The van der Waals surface area contributed by atoms with Gasteiger partial charge in [-0.05, 0) is 0 Å². The molecule has 3 N–H and O–H groups in total. The van der Waals surface area contributed by atoms with E-state index in [4.69, 9.17) is 10.2 Å². The van der Waals surface area contributed by atoms with Gasteiger partial charge >= 0.3 is 0 Å². The zero-order chi connectivity index (χ0) is 11.8. The van der Waals surface area contributed by atoms with Gasteiger partial charge in [0.05, 0.1) is 19.8 Å². The van der Waals surface area contributed by atoms with Gasteiger partial charge in [0.2, 0.25) is 5.82 Å². The molecule has 7 nitrogen and oxygen atoms in total. The van der Waals surface area contributed by atoms with E-state index >= 15 is 0 Å². The van der Waals surface area contributed by atoms with Crippen molar-refractivity contribution in [3.63, 3.8) is 0 Å². The normalized spacial score (nSPS) is 10.9. The molecule has 0 saturated carbocycles. The number of nitrogens with one attached hydrogen (secondary N) is 1. The fourth-order valence-electron chi connectivity index (χ4n) is 0.992. The molecule has 0 saturated heterocycles. The molecule has 88 valence electrons. The van der Waals surface area contributed by atoms with Gasteiger partial charge in [-0.15, -0.1) is 5.10 Å². The van der Waals surface area contributed by atoms with Crippen LogP contribution in [-0.4, -0.2) is 50.6 Å². The Hall–Kier alpha value is -1.73. The molecular weight excluding hydrogens is 212 g/mol. The Morgan fingerprint density at radius 1 is 1.50 bits per heavy atom. The van der Waals surface area contributed by atoms with Crippen molar-refractivity contribution in [1.82, 2.24) is 20.1 Å². The van der Waals surface area contributed by atoms with E-state index in [-0.39, 0.29) is 25.6 Å². The smallest absolute Gasteiger partial charge is 0.291 e. The van der Waals surface area contributed by atoms with Gasteiger partial charge in [0.1, 0.15) is 6.33 Å².